The lowest BCUT2D eigenvalue weighted by molar-refractivity contribution is -0.154. The van der Waals surface area contributed by atoms with Crippen molar-refractivity contribution in [3.63, 3.8) is 0 Å². The molecule has 0 aliphatic rings. The van der Waals surface area contributed by atoms with Crippen molar-refractivity contribution in [2.45, 2.75) is 51.4 Å². The number of nitrogens with one attached hydrogen (secondary N) is 1. The number of hydrogen-bond donors (Lipinski definition) is 2. The number of ketones is 1. The van der Waals surface area contributed by atoms with Crippen LogP contribution in [-0.4, -0.2) is 45.9 Å². The third-order valence-corrected chi connectivity index (χ3v) is 3.60. The molecular formula is C18H23N3O5. The maximum atomic E-state index is 12.5. The quantitative estimate of drug-likeness (QED) is 0.293. The van der Waals surface area contributed by atoms with E-state index in [1.165, 1.54) is 6.92 Å². The minimum atomic E-state index is -1.87. The summed E-state index contributed by atoms with van der Waals surface area (Å²) < 4.78 is 5.09. The Balaban J connectivity index is 2.92. The SMILES string of the molecule is CC(C)OC(=O)[C@H](CCC(=O)C=[N+]=[N-])NC(=O)[C@@](C)(O)c1ccccc1. The highest BCUT2D eigenvalue weighted by Gasteiger charge is 2.35. The van der Waals surface area contributed by atoms with Crippen LogP contribution in [0.25, 0.3) is 5.53 Å². The van der Waals surface area contributed by atoms with E-state index >= 15 is 0 Å². The van der Waals surface area contributed by atoms with E-state index in [0.29, 0.717) is 11.8 Å². The van der Waals surface area contributed by atoms with Gasteiger partial charge in [0.2, 0.25) is 5.78 Å². The van der Waals surface area contributed by atoms with E-state index in [4.69, 9.17) is 10.3 Å². The Bertz CT molecular complexity index is 694. The molecule has 0 aliphatic heterocycles. The summed E-state index contributed by atoms with van der Waals surface area (Å²) in [6.45, 7) is 4.62. The summed E-state index contributed by atoms with van der Waals surface area (Å²) in [5.41, 5.74) is 6.85. The van der Waals surface area contributed by atoms with Gasteiger partial charge in [0.1, 0.15) is 6.04 Å². The van der Waals surface area contributed by atoms with Gasteiger partial charge in [0, 0.05) is 6.42 Å². The summed E-state index contributed by atoms with van der Waals surface area (Å²) in [6, 6.07) is 7.14. The average Bonchev–Trinajstić information content (AvgIpc) is 2.58. The number of Topliss-reactive ketones (excluding diaryl/α,β-unsaturated/α-hetero) is 1. The normalized spacial score (nSPS) is 13.9. The fourth-order valence-electron chi connectivity index (χ4n) is 2.17. The lowest BCUT2D eigenvalue weighted by Gasteiger charge is -2.26. The van der Waals surface area contributed by atoms with Crippen molar-refractivity contribution in [2.24, 2.45) is 0 Å². The molecule has 140 valence electrons. The third-order valence-electron chi connectivity index (χ3n) is 3.60. The number of carbonyl (C=O) groups excluding carboxylic acids is 3. The molecule has 0 fully saturated rings. The molecule has 26 heavy (non-hydrogen) atoms. The van der Waals surface area contributed by atoms with Crippen molar-refractivity contribution in [1.82, 2.24) is 5.32 Å². The maximum Gasteiger partial charge on any atom is 0.328 e. The molecule has 1 rings (SSSR count). The Kier molecular flexibility index (Phi) is 7.83. The van der Waals surface area contributed by atoms with Gasteiger partial charge in [-0.1, -0.05) is 30.3 Å². The largest absolute Gasteiger partial charge is 0.461 e. The molecule has 0 heterocycles. The highest BCUT2D eigenvalue weighted by Crippen LogP contribution is 2.21. The summed E-state index contributed by atoms with van der Waals surface area (Å²) in [5, 5.41) is 13.0. The molecule has 0 spiro atoms. The minimum absolute atomic E-state index is 0.0625. The first-order valence-corrected chi connectivity index (χ1v) is 8.18. The van der Waals surface area contributed by atoms with Crippen LogP contribution >= 0.6 is 0 Å². The van der Waals surface area contributed by atoms with Gasteiger partial charge >= 0.3 is 12.2 Å². The zero-order valence-electron chi connectivity index (χ0n) is 15.0. The molecule has 2 atom stereocenters. The van der Waals surface area contributed by atoms with E-state index in [2.05, 4.69) is 10.1 Å². The zero-order valence-corrected chi connectivity index (χ0v) is 15.0. The van der Waals surface area contributed by atoms with Crippen LogP contribution in [0, 0.1) is 0 Å². The molecule has 0 saturated heterocycles. The Hall–Kier alpha value is -2.83. The molecule has 1 aromatic rings. The van der Waals surface area contributed by atoms with Gasteiger partial charge in [0.25, 0.3) is 5.91 Å². The number of esters is 1. The lowest BCUT2D eigenvalue weighted by atomic mass is 9.94. The molecule has 8 heteroatoms. The van der Waals surface area contributed by atoms with Crippen molar-refractivity contribution in [3.05, 3.63) is 41.4 Å². The number of carbonyl (C=O) groups is 3. The van der Waals surface area contributed by atoms with Crippen LogP contribution in [-0.2, 0) is 24.7 Å². The maximum absolute atomic E-state index is 12.5. The first-order valence-electron chi connectivity index (χ1n) is 8.18. The number of benzene rings is 1. The Labute approximate surface area is 151 Å². The van der Waals surface area contributed by atoms with E-state index in [9.17, 15) is 19.5 Å². The van der Waals surface area contributed by atoms with Crippen LogP contribution in [0.4, 0.5) is 0 Å². The van der Waals surface area contributed by atoms with Crippen molar-refractivity contribution < 1.29 is 29.0 Å². The van der Waals surface area contributed by atoms with E-state index in [0.717, 1.165) is 0 Å². The summed E-state index contributed by atoms with van der Waals surface area (Å²) >= 11 is 0. The average molecular weight is 361 g/mol. The number of amides is 1. The predicted molar refractivity (Wildman–Crippen MR) is 93.1 cm³/mol. The molecule has 0 unspecified atom stereocenters. The molecule has 0 bridgehead atoms. The molecule has 0 radical (unpaired) electrons. The fraction of sp³-hybridized carbons (Fsp3) is 0.444. The molecule has 1 aromatic carbocycles. The van der Waals surface area contributed by atoms with Gasteiger partial charge in [0.05, 0.1) is 6.10 Å². The van der Waals surface area contributed by atoms with Crippen molar-refractivity contribution >= 4 is 23.9 Å². The molecule has 8 nitrogen and oxygen atoms in total. The molecular weight excluding hydrogens is 338 g/mol. The van der Waals surface area contributed by atoms with Gasteiger partial charge in [-0.05, 0) is 32.8 Å². The molecule has 0 saturated carbocycles. The summed E-state index contributed by atoms with van der Waals surface area (Å²) in [5.74, 6) is -2.03. The van der Waals surface area contributed by atoms with Crippen LogP contribution < -0.4 is 5.32 Å². The van der Waals surface area contributed by atoms with Crippen LogP contribution in [0.5, 0.6) is 0 Å². The first-order chi connectivity index (χ1) is 12.2. The lowest BCUT2D eigenvalue weighted by Crippen LogP contribution is -2.50. The minimum Gasteiger partial charge on any atom is -0.461 e. The van der Waals surface area contributed by atoms with Crippen LogP contribution in [0.3, 0.4) is 0 Å². The zero-order chi connectivity index (χ0) is 19.7. The smallest absolute Gasteiger partial charge is 0.328 e. The predicted octanol–water partition coefficient (Wildman–Crippen LogP) is 0.980. The molecule has 2 N–H and O–H groups in total. The summed E-state index contributed by atoms with van der Waals surface area (Å²) in [4.78, 5) is 38.8. The summed E-state index contributed by atoms with van der Waals surface area (Å²) in [7, 11) is 0. The van der Waals surface area contributed by atoms with Gasteiger partial charge in [-0.2, -0.15) is 4.79 Å². The van der Waals surface area contributed by atoms with Crippen molar-refractivity contribution in [2.75, 3.05) is 0 Å². The molecule has 1 amide bonds. The van der Waals surface area contributed by atoms with E-state index in [1.54, 1.807) is 44.2 Å². The Morgan fingerprint density at radius 3 is 2.46 bits per heavy atom. The summed E-state index contributed by atoms with van der Waals surface area (Å²) in [6.07, 6.45) is 0.0985. The molecule has 0 aliphatic carbocycles. The van der Waals surface area contributed by atoms with Crippen molar-refractivity contribution in [3.8, 4) is 0 Å². The van der Waals surface area contributed by atoms with E-state index < -0.39 is 35.4 Å². The highest BCUT2D eigenvalue weighted by molar-refractivity contribution is 6.25. The fourth-order valence-corrected chi connectivity index (χ4v) is 2.17. The second-order valence-corrected chi connectivity index (χ2v) is 6.20. The van der Waals surface area contributed by atoms with Gasteiger partial charge < -0.3 is 20.7 Å². The molecule has 0 aromatic heterocycles. The standard InChI is InChI=1S/C18H23N3O5/c1-12(2)26-16(23)15(10-9-14(22)11-20-19)21-17(24)18(3,25)13-7-5-4-6-8-13/h4-8,11-12,15,25H,9-10H2,1-3H3,(H,21,24)/t15-,18-/m0/s1. The number of ether oxygens (including phenoxy) is 1. The highest BCUT2D eigenvalue weighted by atomic mass is 16.5. The van der Waals surface area contributed by atoms with Crippen molar-refractivity contribution in [1.29, 1.82) is 0 Å². The number of rotatable bonds is 9. The Morgan fingerprint density at radius 2 is 1.92 bits per heavy atom. The van der Waals surface area contributed by atoms with Gasteiger partial charge in [-0.25, -0.2) is 4.79 Å². The van der Waals surface area contributed by atoms with Gasteiger partial charge in [-0.15, -0.1) is 0 Å². The van der Waals surface area contributed by atoms with Crippen LogP contribution in [0.2, 0.25) is 0 Å². The van der Waals surface area contributed by atoms with Crippen LogP contribution in [0.1, 0.15) is 39.2 Å². The van der Waals surface area contributed by atoms with E-state index in [1.807, 2.05) is 0 Å². The second-order valence-electron chi connectivity index (χ2n) is 6.20. The third kappa shape index (κ3) is 6.23. The van der Waals surface area contributed by atoms with Gasteiger partial charge in [0.15, 0.2) is 5.60 Å². The van der Waals surface area contributed by atoms with E-state index in [-0.39, 0.29) is 12.8 Å². The first kappa shape index (κ1) is 21.2. The number of nitrogens with zero attached hydrogens (tertiary/aromatic N) is 2. The topological polar surface area (TPSA) is 129 Å². The number of aliphatic hydroxyl groups is 1. The Morgan fingerprint density at radius 1 is 1.31 bits per heavy atom. The van der Waals surface area contributed by atoms with Gasteiger partial charge in [-0.3, -0.25) is 9.59 Å². The monoisotopic (exact) mass is 361 g/mol. The number of hydrogen-bond acceptors (Lipinski definition) is 5. The second kappa shape index (κ2) is 9.60. The van der Waals surface area contributed by atoms with Crippen LogP contribution in [0.15, 0.2) is 30.3 Å².